The first-order valence-electron chi connectivity index (χ1n) is 9.96. The number of amides is 2. The van der Waals surface area contributed by atoms with Crippen molar-refractivity contribution >= 4 is 17.6 Å². The zero-order valence-electron chi connectivity index (χ0n) is 16.0. The van der Waals surface area contributed by atoms with E-state index in [0.29, 0.717) is 25.7 Å². The van der Waals surface area contributed by atoms with E-state index in [1.807, 2.05) is 35.5 Å². The molecule has 146 valence electrons. The van der Waals surface area contributed by atoms with Gasteiger partial charge in [0.25, 0.3) is 0 Å². The summed E-state index contributed by atoms with van der Waals surface area (Å²) in [6.45, 7) is 4.01. The van der Waals surface area contributed by atoms with Crippen LogP contribution in [0.15, 0.2) is 36.7 Å². The Morgan fingerprint density at radius 3 is 2.89 bits per heavy atom. The van der Waals surface area contributed by atoms with Crippen molar-refractivity contribution in [3.05, 3.63) is 53.1 Å². The third-order valence-electron chi connectivity index (χ3n) is 5.16. The van der Waals surface area contributed by atoms with Crippen molar-refractivity contribution in [2.24, 2.45) is 0 Å². The highest BCUT2D eigenvalue weighted by Gasteiger charge is 2.26. The predicted molar refractivity (Wildman–Crippen MR) is 109 cm³/mol. The molecule has 2 amide bonds. The van der Waals surface area contributed by atoms with Gasteiger partial charge in [0.05, 0.1) is 6.54 Å². The number of hydrogen-bond donors (Lipinski definition) is 1. The normalized spacial score (nSPS) is 14.9. The third kappa shape index (κ3) is 5.48. The Morgan fingerprint density at radius 1 is 1.33 bits per heavy atom. The summed E-state index contributed by atoms with van der Waals surface area (Å²) >= 11 is 6.11. The number of imidazole rings is 1. The molecule has 3 rings (SSSR count). The molecular weight excluding hydrogens is 360 g/mol. The lowest BCUT2D eigenvalue weighted by Gasteiger charge is -2.34. The number of hydrogen-bond acceptors (Lipinski definition) is 2. The summed E-state index contributed by atoms with van der Waals surface area (Å²) < 4.78 is 2.11. The fourth-order valence-electron chi connectivity index (χ4n) is 3.71. The van der Waals surface area contributed by atoms with Crippen LogP contribution in [-0.2, 0) is 13.1 Å². The van der Waals surface area contributed by atoms with Crippen LogP contribution in [-0.4, -0.2) is 33.1 Å². The molecular formula is C21H29ClN4O. The van der Waals surface area contributed by atoms with Crippen molar-refractivity contribution in [3.8, 4) is 0 Å². The summed E-state index contributed by atoms with van der Waals surface area (Å²) in [4.78, 5) is 19.3. The molecule has 0 bridgehead atoms. The maximum absolute atomic E-state index is 12.8. The fraction of sp³-hybridized carbons (Fsp3) is 0.524. The monoisotopic (exact) mass is 388 g/mol. The van der Waals surface area contributed by atoms with Gasteiger partial charge in [-0.1, -0.05) is 49.9 Å². The van der Waals surface area contributed by atoms with Gasteiger partial charge in [0, 0.05) is 36.5 Å². The van der Waals surface area contributed by atoms with Crippen LogP contribution in [0.25, 0.3) is 0 Å². The summed E-state index contributed by atoms with van der Waals surface area (Å²) in [5.74, 6) is 0.909. The Labute approximate surface area is 166 Å². The fourth-order valence-corrected chi connectivity index (χ4v) is 3.93. The van der Waals surface area contributed by atoms with E-state index in [1.165, 1.54) is 19.3 Å². The van der Waals surface area contributed by atoms with Crippen LogP contribution in [0.1, 0.15) is 56.8 Å². The lowest BCUT2D eigenvalue weighted by Crippen LogP contribution is -2.47. The molecule has 0 radical (unpaired) electrons. The zero-order chi connectivity index (χ0) is 19.1. The van der Waals surface area contributed by atoms with Gasteiger partial charge in [-0.05, 0) is 37.0 Å². The van der Waals surface area contributed by atoms with E-state index in [1.54, 1.807) is 0 Å². The van der Waals surface area contributed by atoms with Crippen molar-refractivity contribution in [2.45, 2.75) is 64.6 Å². The van der Waals surface area contributed by atoms with E-state index in [0.717, 1.165) is 35.7 Å². The molecule has 0 saturated heterocycles. The second-order valence-electron chi connectivity index (χ2n) is 7.25. The minimum atomic E-state index is 0.0288. The summed E-state index contributed by atoms with van der Waals surface area (Å²) in [7, 11) is 0. The summed E-state index contributed by atoms with van der Waals surface area (Å²) in [5.41, 5.74) is 1.13. The maximum Gasteiger partial charge on any atom is 0.318 e. The van der Waals surface area contributed by atoms with Crippen LogP contribution < -0.4 is 5.32 Å². The van der Waals surface area contributed by atoms with E-state index in [9.17, 15) is 4.79 Å². The molecule has 27 heavy (non-hydrogen) atoms. The number of halogens is 1. The molecule has 1 aromatic carbocycles. The number of aromatic nitrogens is 2. The van der Waals surface area contributed by atoms with Gasteiger partial charge in [-0.3, -0.25) is 0 Å². The zero-order valence-corrected chi connectivity index (χ0v) is 16.8. The minimum Gasteiger partial charge on any atom is -0.338 e. The molecule has 0 spiro atoms. The molecule has 1 heterocycles. The van der Waals surface area contributed by atoms with Crippen LogP contribution in [0.4, 0.5) is 4.79 Å². The van der Waals surface area contributed by atoms with Gasteiger partial charge in [-0.2, -0.15) is 0 Å². The smallest absolute Gasteiger partial charge is 0.318 e. The first-order valence-corrected chi connectivity index (χ1v) is 10.3. The minimum absolute atomic E-state index is 0.0288. The first-order chi connectivity index (χ1) is 13.2. The molecule has 1 N–H and O–H groups in total. The first kappa shape index (κ1) is 19.7. The highest BCUT2D eigenvalue weighted by Crippen LogP contribution is 2.24. The van der Waals surface area contributed by atoms with Crippen molar-refractivity contribution in [1.29, 1.82) is 0 Å². The molecule has 0 aliphatic heterocycles. The van der Waals surface area contributed by atoms with E-state index in [-0.39, 0.29) is 6.03 Å². The molecule has 0 atom stereocenters. The van der Waals surface area contributed by atoms with Crippen molar-refractivity contribution < 1.29 is 4.79 Å². The molecule has 0 unspecified atom stereocenters. The SMILES string of the molecule is CCCNC(=O)N(Cc1nccn1Cc1cccc(Cl)c1)C1CCCCC1. The van der Waals surface area contributed by atoms with Crippen LogP contribution in [0.5, 0.6) is 0 Å². The average molecular weight is 389 g/mol. The van der Waals surface area contributed by atoms with E-state index >= 15 is 0 Å². The Balaban J connectivity index is 1.75. The van der Waals surface area contributed by atoms with Crippen LogP contribution >= 0.6 is 11.6 Å². The standard InChI is InChI=1S/C21H29ClN4O/c1-2-11-24-21(27)26(19-9-4-3-5-10-19)16-20-23-12-13-25(20)15-17-7-6-8-18(22)14-17/h6-8,12-14,19H,2-5,9-11,15-16H2,1H3,(H,24,27). The van der Waals surface area contributed by atoms with Crippen LogP contribution in [0.2, 0.25) is 5.02 Å². The molecule has 5 nitrogen and oxygen atoms in total. The number of nitrogens with zero attached hydrogens (tertiary/aromatic N) is 3. The summed E-state index contributed by atoms with van der Waals surface area (Å²) in [5, 5.41) is 3.78. The van der Waals surface area contributed by atoms with E-state index in [2.05, 4.69) is 27.9 Å². The Kier molecular flexibility index (Phi) is 7.16. The number of carbonyl (C=O) groups excluding carboxylic acids is 1. The second kappa shape index (κ2) is 9.79. The van der Waals surface area contributed by atoms with Crippen molar-refractivity contribution in [3.63, 3.8) is 0 Å². The van der Waals surface area contributed by atoms with Gasteiger partial charge in [0.15, 0.2) is 0 Å². The molecule has 6 heteroatoms. The van der Waals surface area contributed by atoms with E-state index in [4.69, 9.17) is 11.6 Å². The molecule has 1 aliphatic rings. The van der Waals surface area contributed by atoms with Gasteiger partial charge in [-0.15, -0.1) is 0 Å². The lowest BCUT2D eigenvalue weighted by atomic mass is 9.94. The van der Waals surface area contributed by atoms with Crippen LogP contribution in [0, 0.1) is 0 Å². The highest BCUT2D eigenvalue weighted by atomic mass is 35.5. The molecule has 1 aromatic heterocycles. The number of rotatable bonds is 7. The number of carbonyl (C=O) groups is 1. The Bertz CT molecular complexity index is 739. The highest BCUT2D eigenvalue weighted by molar-refractivity contribution is 6.30. The quantitative estimate of drug-likeness (QED) is 0.737. The van der Waals surface area contributed by atoms with Gasteiger partial charge < -0.3 is 14.8 Å². The van der Waals surface area contributed by atoms with Crippen molar-refractivity contribution in [2.75, 3.05) is 6.54 Å². The molecule has 2 aromatic rings. The average Bonchev–Trinajstić information content (AvgIpc) is 3.11. The van der Waals surface area contributed by atoms with Gasteiger partial charge >= 0.3 is 6.03 Å². The Hall–Kier alpha value is -2.01. The predicted octanol–water partition coefficient (Wildman–Crippen LogP) is 4.84. The topological polar surface area (TPSA) is 50.2 Å². The van der Waals surface area contributed by atoms with E-state index < -0.39 is 0 Å². The van der Waals surface area contributed by atoms with Gasteiger partial charge in [0.2, 0.25) is 0 Å². The molecule has 1 saturated carbocycles. The number of benzene rings is 1. The van der Waals surface area contributed by atoms with Gasteiger partial charge in [0.1, 0.15) is 5.82 Å². The molecule has 1 aliphatic carbocycles. The largest absolute Gasteiger partial charge is 0.338 e. The van der Waals surface area contributed by atoms with Crippen molar-refractivity contribution in [1.82, 2.24) is 19.8 Å². The molecule has 1 fully saturated rings. The van der Waals surface area contributed by atoms with Gasteiger partial charge in [-0.25, -0.2) is 9.78 Å². The second-order valence-corrected chi connectivity index (χ2v) is 7.69. The summed E-state index contributed by atoms with van der Waals surface area (Å²) in [6.07, 6.45) is 10.5. The third-order valence-corrected chi connectivity index (χ3v) is 5.39. The Morgan fingerprint density at radius 2 is 2.15 bits per heavy atom. The number of nitrogens with one attached hydrogen (secondary N) is 1. The lowest BCUT2D eigenvalue weighted by molar-refractivity contribution is 0.148. The summed E-state index contributed by atoms with van der Waals surface area (Å²) in [6, 6.07) is 8.19. The maximum atomic E-state index is 12.8. The van der Waals surface area contributed by atoms with Crippen LogP contribution in [0.3, 0.4) is 0 Å². The number of urea groups is 1.